The largest absolute Gasteiger partial charge is 0.548 e. The number of alkyl halides is 3. The molecular weight excluding hydrogens is 309 g/mol. The molecule has 7 heteroatoms. The zero-order valence-electron chi connectivity index (χ0n) is 12.6. The van der Waals surface area contributed by atoms with Gasteiger partial charge in [0, 0.05) is 18.6 Å². The van der Waals surface area contributed by atoms with Crippen molar-refractivity contribution < 1.29 is 23.1 Å². The van der Waals surface area contributed by atoms with Gasteiger partial charge >= 0.3 is 6.18 Å². The average Bonchev–Trinajstić information content (AvgIpc) is 2.51. The van der Waals surface area contributed by atoms with Crippen molar-refractivity contribution in [3.63, 3.8) is 0 Å². The maximum Gasteiger partial charge on any atom is 0.409 e. The maximum absolute atomic E-state index is 12.6. The minimum atomic E-state index is -4.83. The van der Waals surface area contributed by atoms with Gasteiger partial charge < -0.3 is 15.2 Å². The summed E-state index contributed by atoms with van der Waals surface area (Å²) >= 11 is 0. The summed E-state index contributed by atoms with van der Waals surface area (Å²) in [6, 6.07) is 7.05. The summed E-state index contributed by atoms with van der Waals surface area (Å²) in [5, 5.41) is 16.2. The molecule has 0 saturated heterocycles. The molecule has 0 spiro atoms. The van der Waals surface area contributed by atoms with E-state index in [9.17, 15) is 23.1 Å². The molecule has 1 aliphatic rings. The van der Waals surface area contributed by atoms with E-state index in [1.54, 1.807) is 0 Å². The molecule has 0 heterocycles. The molecule has 1 fully saturated rings. The van der Waals surface area contributed by atoms with Crippen LogP contribution in [0.5, 0.6) is 0 Å². The number of benzene rings is 1. The summed E-state index contributed by atoms with van der Waals surface area (Å²) < 4.78 is 37.8. The summed E-state index contributed by atoms with van der Waals surface area (Å²) in [6.45, 7) is 0.716. The Morgan fingerprint density at radius 1 is 1.13 bits per heavy atom. The van der Waals surface area contributed by atoms with E-state index >= 15 is 0 Å². The molecular formula is C16H20F3N2O2-. The van der Waals surface area contributed by atoms with Gasteiger partial charge in [0.05, 0.1) is 5.97 Å². The molecule has 2 rings (SSSR count). The highest BCUT2D eigenvalue weighted by Crippen LogP contribution is 2.24. The lowest BCUT2D eigenvalue weighted by atomic mass is 9.90. The predicted octanol–water partition coefficient (Wildman–Crippen LogP) is 1.36. The Morgan fingerprint density at radius 3 is 2.22 bits per heavy atom. The molecule has 0 bridgehead atoms. The van der Waals surface area contributed by atoms with Gasteiger partial charge in [-0.2, -0.15) is 13.2 Å². The topological polar surface area (TPSA) is 64.2 Å². The van der Waals surface area contributed by atoms with Gasteiger partial charge in [-0.25, -0.2) is 0 Å². The summed E-state index contributed by atoms with van der Waals surface area (Å²) in [6.07, 6.45) is -2.40. The van der Waals surface area contributed by atoms with E-state index in [-0.39, 0.29) is 6.04 Å². The number of carboxylic acid groups (broad SMARTS) is 1. The molecule has 1 aromatic carbocycles. The average molecular weight is 329 g/mol. The third kappa shape index (κ3) is 5.51. The van der Waals surface area contributed by atoms with Crippen LogP contribution in [0, 0.1) is 0 Å². The van der Waals surface area contributed by atoms with Crippen molar-refractivity contribution in [2.45, 2.75) is 56.5 Å². The molecule has 0 amide bonds. The smallest absolute Gasteiger partial charge is 0.409 e. The van der Waals surface area contributed by atoms with Crippen LogP contribution in [0.25, 0.3) is 0 Å². The highest BCUT2D eigenvalue weighted by atomic mass is 19.4. The Labute approximate surface area is 133 Å². The molecule has 23 heavy (non-hydrogen) atoms. The number of aliphatic carboxylic acids is 1. The van der Waals surface area contributed by atoms with Crippen molar-refractivity contribution in [3.8, 4) is 0 Å². The van der Waals surface area contributed by atoms with Crippen LogP contribution in [0.4, 0.5) is 13.2 Å². The number of carbonyl (C=O) groups is 1. The van der Waals surface area contributed by atoms with Crippen LogP contribution < -0.4 is 15.7 Å². The number of carboxylic acids is 1. The van der Waals surface area contributed by atoms with E-state index in [0.29, 0.717) is 32.2 Å². The van der Waals surface area contributed by atoms with Crippen molar-refractivity contribution in [1.82, 2.24) is 10.6 Å². The normalized spacial score (nSPS) is 23.4. The van der Waals surface area contributed by atoms with Crippen LogP contribution in [0.1, 0.15) is 31.2 Å². The van der Waals surface area contributed by atoms with Crippen LogP contribution in [-0.4, -0.2) is 30.3 Å². The minimum Gasteiger partial charge on any atom is -0.548 e. The second-order valence-electron chi connectivity index (χ2n) is 5.88. The number of halogens is 3. The first kappa shape index (κ1) is 17.7. The number of nitrogens with one attached hydrogen (secondary N) is 2. The Balaban J connectivity index is 1.76. The molecule has 1 atom stereocenters. The molecule has 128 valence electrons. The zero-order valence-corrected chi connectivity index (χ0v) is 12.6. The van der Waals surface area contributed by atoms with E-state index in [4.69, 9.17) is 0 Å². The fraction of sp³-hybridized carbons (Fsp3) is 0.562. The van der Waals surface area contributed by atoms with Crippen molar-refractivity contribution in [2.75, 3.05) is 0 Å². The number of hydrogen-bond donors (Lipinski definition) is 2. The lowest BCUT2D eigenvalue weighted by Crippen LogP contribution is -2.58. The first-order valence-electron chi connectivity index (χ1n) is 7.67. The standard InChI is InChI=1S/C16H21F3N2O2/c17-16(18,19)14(15(22)23)21-13-8-6-12(7-9-13)20-10-11-4-2-1-3-5-11/h1-5,12-14,20-21H,6-10H2,(H,22,23)/p-1. The van der Waals surface area contributed by atoms with Crippen LogP contribution >= 0.6 is 0 Å². The van der Waals surface area contributed by atoms with E-state index < -0.39 is 24.2 Å². The number of rotatable bonds is 6. The lowest BCUT2D eigenvalue weighted by Gasteiger charge is -2.33. The van der Waals surface area contributed by atoms with Crippen LogP contribution in [0.2, 0.25) is 0 Å². The second-order valence-corrected chi connectivity index (χ2v) is 5.88. The molecule has 1 unspecified atom stereocenters. The summed E-state index contributed by atoms with van der Waals surface area (Å²) in [5.74, 6) is -2.12. The fourth-order valence-electron chi connectivity index (χ4n) is 2.85. The zero-order chi connectivity index (χ0) is 16.9. The van der Waals surface area contributed by atoms with Crippen LogP contribution in [0.15, 0.2) is 30.3 Å². The molecule has 0 radical (unpaired) electrons. The number of carbonyl (C=O) groups excluding carboxylic acids is 1. The monoisotopic (exact) mass is 329 g/mol. The van der Waals surface area contributed by atoms with Crippen molar-refractivity contribution in [3.05, 3.63) is 35.9 Å². The maximum atomic E-state index is 12.6. The molecule has 1 aromatic rings. The van der Waals surface area contributed by atoms with Gasteiger partial charge in [0.2, 0.25) is 0 Å². The van der Waals surface area contributed by atoms with E-state index in [1.807, 2.05) is 30.3 Å². The summed E-state index contributed by atoms with van der Waals surface area (Å²) in [4.78, 5) is 10.6. The van der Waals surface area contributed by atoms with Gasteiger partial charge in [0.25, 0.3) is 0 Å². The first-order chi connectivity index (χ1) is 10.9. The SMILES string of the molecule is O=C([O-])C(NC1CCC(NCc2ccccc2)CC1)C(F)(F)F. The van der Waals surface area contributed by atoms with E-state index in [2.05, 4.69) is 10.6 Å². The highest BCUT2D eigenvalue weighted by molar-refractivity contribution is 5.72. The third-order valence-corrected chi connectivity index (χ3v) is 4.13. The Kier molecular flexibility index (Phi) is 6.01. The quantitative estimate of drug-likeness (QED) is 0.827. The molecule has 0 aromatic heterocycles. The second kappa shape index (κ2) is 7.79. The molecule has 0 aliphatic heterocycles. The molecule has 2 N–H and O–H groups in total. The third-order valence-electron chi connectivity index (χ3n) is 4.13. The van der Waals surface area contributed by atoms with E-state index in [0.717, 1.165) is 5.56 Å². The Hall–Kier alpha value is -1.60. The molecule has 1 saturated carbocycles. The predicted molar refractivity (Wildman–Crippen MR) is 77.3 cm³/mol. The van der Waals surface area contributed by atoms with Gasteiger partial charge in [0.15, 0.2) is 0 Å². The first-order valence-corrected chi connectivity index (χ1v) is 7.67. The van der Waals surface area contributed by atoms with Gasteiger partial charge in [0.1, 0.15) is 6.04 Å². The fourth-order valence-corrected chi connectivity index (χ4v) is 2.85. The van der Waals surface area contributed by atoms with Gasteiger partial charge in [-0.05, 0) is 31.2 Å². The summed E-state index contributed by atoms with van der Waals surface area (Å²) in [7, 11) is 0. The van der Waals surface area contributed by atoms with Crippen LogP contribution in [0.3, 0.4) is 0 Å². The number of hydrogen-bond acceptors (Lipinski definition) is 4. The molecule has 4 nitrogen and oxygen atoms in total. The van der Waals surface area contributed by atoms with Crippen molar-refractivity contribution >= 4 is 5.97 Å². The van der Waals surface area contributed by atoms with Crippen molar-refractivity contribution in [2.24, 2.45) is 0 Å². The Morgan fingerprint density at radius 2 is 1.70 bits per heavy atom. The van der Waals surface area contributed by atoms with Gasteiger partial charge in [-0.3, -0.25) is 5.32 Å². The minimum absolute atomic E-state index is 0.237. The van der Waals surface area contributed by atoms with Crippen molar-refractivity contribution in [1.29, 1.82) is 0 Å². The highest BCUT2D eigenvalue weighted by Gasteiger charge is 2.42. The molecule has 1 aliphatic carbocycles. The Bertz CT molecular complexity index is 500. The van der Waals surface area contributed by atoms with Crippen LogP contribution in [-0.2, 0) is 11.3 Å². The lowest BCUT2D eigenvalue weighted by molar-refractivity contribution is -0.320. The van der Waals surface area contributed by atoms with E-state index in [1.165, 1.54) is 0 Å². The van der Waals surface area contributed by atoms with Gasteiger partial charge in [-0.1, -0.05) is 30.3 Å². The summed E-state index contributed by atoms with van der Waals surface area (Å²) in [5.41, 5.74) is 1.15. The van der Waals surface area contributed by atoms with Gasteiger partial charge in [-0.15, -0.1) is 0 Å².